The second-order valence-corrected chi connectivity index (χ2v) is 4.85. The number of urea groups is 1. The van der Waals surface area contributed by atoms with Crippen molar-refractivity contribution in [1.82, 2.24) is 15.1 Å². The number of carbonyl (C=O) groups excluding carboxylic acids is 1. The van der Waals surface area contributed by atoms with E-state index in [9.17, 15) is 14.4 Å². The molecule has 116 valence electrons. The predicted molar refractivity (Wildman–Crippen MR) is 72.6 cm³/mol. The number of nitrogens with zero attached hydrogens (tertiary/aromatic N) is 2. The van der Waals surface area contributed by atoms with Crippen LogP contribution in [0.15, 0.2) is 0 Å². The number of hydrogen-bond donors (Lipinski definition) is 3. The minimum absolute atomic E-state index is 0.137. The van der Waals surface area contributed by atoms with E-state index in [0.29, 0.717) is 6.54 Å². The Bertz CT molecular complexity index is 346. The molecular formula is C12H23N3O5. The van der Waals surface area contributed by atoms with Crippen LogP contribution in [0.1, 0.15) is 19.3 Å². The molecule has 1 atom stereocenters. The van der Waals surface area contributed by atoms with Crippen molar-refractivity contribution in [2.24, 2.45) is 0 Å². The lowest BCUT2D eigenvalue weighted by molar-refractivity contribution is -0.140. The van der Waals surface area contributed by atoms with Gasteiger partial charge in [-0.05, 0) is 33.5 Å². The average molecular weight is 289 g/mol. The fraction of sp³-hybridized carbons (Fsp3) is 0.750. The first-order valence-corrected chi connectivity index (χ1v) is 6.35. The Morgan fingerprint density at radius 2 is 1.70 bits per heavy atom. The number of hydrogen-bond acceptors (Lipinski definition) is 4. The van der Waals surface area contributed by atoms with Crippen LogP contribution in [0.4, 0.5) is 4.79 Å². The quantitative estimate of drug-likeness (QED) is 0.546. The molecule has 0 aromatic carbocycles. The van der Waals surface area contributed by atoms with Gasteiger partial charge in [0.05, 0.1) is 0 Å². The van der Waals surface area contributed by atoms with Gasteiger partial charge in [0, 0.05) is 20.0 Å². The van der Waals surface area contributed by atoms with E-state index in [1.54, 1.807) is 7.05 Å². The Morgan fingerprint density at radius 1 is 1.10 bits per heavy atom. The third-order valence-electron chi connectivity index (χ3n) is 2.69. The van der Waals surface area contributed by atoms with Gasteiger partial charge < -0.3 is 25.3 Å². The molecule has 20 heavy (non-hydrogen) atoms. The maximum atomic E-state index is 11.8. The lowest BCUT2D eigenvalue weighted by Gasteiger charge is -2.21. The molecule has 0 saturated carbocycles. The van der Waals surface area contributed by atoms with Gasteiger partial charge in [-0.1, -0.05) is 0 Å². The predicted octanol–water partition coefficient (Wildman–Crippen LogP) is -0.102. The van der Waals surface area contributed by atoms with Crippen LogP contribution in [0.3, 0.4) is 0 Å². The third kappa shape index (κ3) is 8.30. The molecule has 0 radical (unpaired) electrons. The van der Waals surface area contributed by atoms with Crippen molar-refractivity contribution in [3.05, 3.63) is 0 Å². The van der Waals surface area contributed by atoms with E-state index in [0.717, 1.165) is 13.0 Å². The summed E-state index contributed by atoms with van der Waals surface area (Å²) in [5.74, 6) is -2.33. The number of aliphatic carboxylic acids is 2. The van der Waals surface area contributed by atoms with Crippen LogP contribution in [0.2, 0.25) is 0 Å². The van der Waals surface area contributed by atoms with Crippen molar-refractivity contribution in [1.29, 1.82) is 0 Å². The SMILES string of the molecule is CN(C)CCCN(C)C(=O)NC(CCC(=O)O)C(=O)O. The van der Waals surface area contributed by atoms with Gasteiger partial charge in [0.1, 0.15) is 6.04 Å². The highest BCUT2D eigenvalue weighted by Gasteiger charge is 2.22. The molecule has 0 aliphatic heterocycles. The van der Waals surface area contributed by atoms with Crippen molar-refractivity contribution < 1.29 is 24.6 Å². The van der Waals surface area contributed by atoms with E-state index in [1.165, 1.54) is 4.90 Å². The topological polar surface area (TPSA) is 110 Å². The molecular weight excluding hydrogens is 266 g/mol. The van der Waals surface area contributed by atoms with E-state index in [-0.39, 0.29) is 12.8 Å². The summed E-state index contributed by atoms with van der Waals surface area (Å²) in [5.41, 5.74) is 0. The molecule has 3 N–H and O–H groups in total. The normalized spacial score (nSPS) is 12.0. The minimum Gasteiger partial charge on any atom is -0.481 e. The number of carboxylic acid groups (broad SMARTS) is 2. The summed E-state index contributed by atoms with van der Waals surface area (Å²) in [6.45, 7) is 1.31. The van der Waals surface area contributed by atoms with Gasteiger partial charge in [-0.3, -0.25) is 4.79 Å². The average Bonchev–Trinajstić information content (AvgIpc) is 2.32. The molecule has 0 spiro atoms. The summed E-state index contributed by atoms with van der Waals surface area (Å²) < 4.78 is 0. The summed E-state index contributed by atoms with van der Waals surface area (Å²) in [4.78, 5) is 36.5. The zero-order chi connectivity index (χ0) is 15.7. The Hall–Kier alpha value is -1.83. The van der Waals surface area contributed by atoms with E-state index in [1.807, 2.05) is 19.0 Å². The van der Waals surface area contributed by atoms with Gasteiger partial charge in [-0.25, -0.2) is 9.59 Å². The van der Waals surface area contributed by atoms with Crippen LogP contribution < -0.4 is 5.32 Å². The van der Waals surface area contributed by atoms with Crippen LogP contribution in [0, 0.1) is 0 Å². The van der Waals surface area contributed by atoms with Gasteiger partial charge >= 0.3 is 18.0 Å². The molecule has 0 aromatic heterocycles. The maximum Gasteiger partial charge on any atom is 0.326 e. The second-order valence-electron chi connectivity index (χ2n) is 4.85. The van der Waals surface area contributed by atoms with Crippen molar-refractivity contribution in [2.45, 2.75) is 25.3 Å². The highest BCUT2D eigenvalue weighted by atomic mass is 16.4. The molecule has 0 aromatic rings. The Kier molecular flexibility index (Phi) is 8.30. The van der Waals surface area contributed by atoms with E-state index >= 15 is 0 Å². The molecule has 8 heteroatoms. The monoisotopic (exact) mass is 289 g/mol. The molecule has 0 aliphatic rings. The molecule has 0 fully saturated rings. The molecule has 1 unspecified atom stereocenters. The lowest BCUT2D eigenvalue weighted by atomic mass is 10.1. The van der Waals surface area contributed by atoms with Gasteiger partial charge in [-0.2, -0.15) is 0 Å². The first kappa shape index (κ1) is 18.2. The summed E-state index contributed by atoms with van der Waals surface area (Å²) in [5, 5.41) is 19.8. The van der Waals surface area contributed by atoms with Crippen LogP contribution in [-0.4, -0.2) is 78.3 Å². The zero-order valence-electron chi connectivity index (χ0n) is 12.1. The van der Waals surface area contributed by atoms with Gasteiger partial charge in [0.25, 0.3) is 0 Å². The fourth-order valence-electron chi connectivity index (χ4n) is 1.51. The zero-order valence-corrected chi connectivity index (χ0v) is 12.1. The summed E-state index contributed by atoms with van der Waals surface area (Å²) >= 11 is 0. The number of rotatable bonds is 9. The largest absolute Gasteiger partial charge is 0.481 e. The highest BCUT2D eigenvalue weighted by molar-refractivity contribution is 5.82. The molecule has 2 amide bonds. The Morgan fingerprint density at radius 3 is 2.15 bits per heavy atom. The molecule has 0 aliphatic carbocycles. The molecule has 8 nitrogen and oxygen atoms in total. The van der Waals surface area contributed by atoms with Crippen LogP contribution in [0.25, 0.3) is 0 Å². The third-order valence-corrected chi connectivity index (χ3v) is 2.69. The number of amides is 2. The maximum absolute atomic E-state index is 11.8. The first-order valence-electron chi connectivity index (χ1n) is 6.35. The minimum atomic E-state index is -1.23. The summed E-state index contributed by atoms with van der Waals surface area (Å²) in [6, 6.07) is -1.70. The van der Waals surface area contributed by atoms with Gasteiger partial charge in [-0.15, -0.1) is 0 Å². The lowest BCUT2D eigenvalue weighted by Crippen LogP contribution is -2.47. The van der Waals surface area contributed by atoms with Crippen LogP contribution >= 0.6 is 0 Å². The number of carboxylic acids is 2. The smallest absolute Gasteiger partial charge is 0.326 e. The fourth-order valence-corrected chi connectivity index (χ4v) is 1.51. The number of carbonyl (C=O) groups is 3. The van der Waals surface area contributed by atoms with Crippen LogP contribution in [0.5, 0.6) is 0 Å². The second kappa shape index (κ2) is 9.13. The Balaban J connectivity index is 4.23. The first-order chi connectivity index (χ1) is 9.23. The van der Waals surface area contributed by atoms with E-state index in [2.05, 4.69) is 5.32 Å². The summed E-state index contributed by atoms with van der Waals surface area (Å²) in [7, 11) is 5.42. The van der Waals surface area contributed by atoms with Gasteiger partial charge in [0.2, 0.25) is 0 Å². The molecule has 0 saturated heterocycles. The van der Waals surface area contributed by atoms with Crippen LogP contribution in [-0.2, 0) is 9.59 Å². The van der Waals surface area contributed by atoms with Crippen molar-refractivity contribution in [3.8, 4) is 0 Å². The van der Waals surface area contributed by atoms with E-state index < -0.39 is 24.0 Å². The number of nitrogens with one attached hydrogen (secondary N) is 1. The van der Waals surface area contributed by atoms with Gasteiger partial charge in [0.15, 0.2) is 0 Å². The Labute approximate surface area is 118 Å². The van der Waals surface area contributed by atoms with Crippen molar-refractivity contribution in [3.63, 3.8) is 0 Å². The highest BCUT2D eigenvalue weighted by Crippen LogP contribution is 2.00. The molecule has 0 bridgehead atoms. The molecule has 0 rings (SSSR count). The van der Waals surface area contributed by atoms with Crippen molar-refractivity contribution in [2.75, 3.05) is 34.2 Å². The summed E-state index contributed by atoms with van der Waals surface area (Å²) in [6.07, 6.45) is 0.327. The van der Waals surface area contributed by atoms with E-state index in [4.69, 9.17) is 10.2 Å². The standard InChI is InChI=1S/C12H23N3O5/c1-14(2)7-4-8-15(3)12(20)13-9(11(18)19)5-6-10(16)17/h9H,4-8H2,1-3H3,(H,13,20)(H,16,17)(H,18,19). The van der Waals surface area contributed by atoms with Crippen molar-refractivity contribution >= 4 is 18.0 Å². The molecule has 0 heterocycles.